The van der Waals surface area contributed by atoms with Gasteiger partial charge in [-0.15, -0.1) is 0 Å². The van der Waals surface area contributed by atoms with E-state index >= 15 is 0 Å². The van der Waals surface area contributed by atoms with Gasteiger partial charge in [0.1, 0.15) is 0 Å². The molecule has 2 aliphatic heterocycles. The molecule has 0 unspecified atom stereocenters. The molecule has 2 aliphatic rings. The molecule has 0 aromatic heterocycles. The van der Waals surface area contributed by atoms with Gasteiger partial charge in [-0.3, -0.25) is 9.69 Å². The van der Waals surface area contributed by atoms with Gasteiger partial charge in [-0.25, -0.2) is 0 Å². The third kappa shape index (κ3) is 3.46. The number of ether oxygens (including phenoxy) is 2. The Morgan fingerprint density at radius 2 is 1.80 bits per heavy atom. The number of Topliss-reactive ketones (excluding diaryl/α,β-unsaturated/α-hetero) is 1. The second-order valence-electron chi connectivity index (χ2n) is 6.59. The number of aryl methyl sites for hydroxylation is 1. The van der Waals surface area contributed by atoms with Gasteiger partial charge in [0.2, 0.25) is 6.79 Å². The quantitative estimate of drug-likeness (QED) is 0.802. The summed E-state index contributed by atoms with van der Waals surface area (Å²) < 4.78 is 10.7. The molecule has 0 bridgehead atoms. The Bertz CT molecular complexity index is 782. The SMILES string of the molecule is Cc1cccc(N2CCN(CC(=O)c3ccc4c(c3)OCO4)CC2)c1. The Hall–Kier alpha value is -2.53. The molecular formula is C20H22N2O3. The monoisotopic (exact) mass is 338 g/mol. The van der Waals surface area contributed by atoms with Crippen LogP contribution in [0.1, 0.15) is 15.9 Å². The van der Waals surface area contributed by atoms with Gasteiger partial charge in [0.15, 0.2) is 17.3 Å². The Balaban J connectivity index is 1.34. The van der Waals surface area contributed by atoms with E-state index in [0.717, 1.165) is 26.2 Å². The minimum absolute atomic E-state index is 0.127. The smallest absolute Gasteiger partial charge is 0.231 e. The molecule has 2 aromatic rings. The molecule has 2 aromatic carbocycles. The summed E-state index contributed by atoms with van der Waals surface area (Å²) in [5.74, 6) is 1.50. The van der Waals surface area contributed by atoms with E-state index < -0.39 is 0 Å². The minimum atomic E-state index is 0.127. The predicted octanol–water partition coefficient (Wildman–Crippen LogP) is 2.73. The lowest BCUT2D eigenvalue weighted by molar-refractivity contribution is 0.0926. The summed E-state index contributed by atoms with van der Waals surface area (Å²) in [4.78, 5) is 17.2. The van der Waals surface area contributed by atoms with Gasteiger partial charge in [0.05, 0.1) is 6.54 Å². The number of fused-ring (bicyclic) bond motifs is 1. The van der Waals surface area contributed by atoms with Crippen molar-refractivity contribution in [2.45, 2.75) is 6.92 Å². The van der Waals surface area contributed by atoms with Gasteiger partial charge >= 0.3 is 0 Å². The first-order valence-electron chi connectivity index (χ1n) is 8.66. The summed E-state index contributed by atoms with van der Waals surface area (Å²) in [5, 5.41) is 0. The number of carbonyl (C=O) groups is 1. The van der Waals surface area contributed by atoms with Crippen molar-refractivity contribution in [1.29, 1.82) is 0 Å². The first kappa shape index (κ1) is 16.0. The summed E-state index contributed by atoms with van der Waals surface area (Å²) in [6.45, 7) is 6.46. The van der Waals surface area contributed by atoms with Crippen LogP contribution in [-0.4, -0.2) is 50.2 Å². The molecule has 130 valence electrons. The zero-order valence-corrected chi connectivity index (χ0v) is 14.4. The maximum absolute atomic E-state index is 12.6. The standard InChI is InChI=1S/C20H22N2O3/c1-15-3-2-4-17(11-15)22-9-7-21(8-10-22)13-18(23)16-5-6-19-20(12-16)25-14-24-19/h2-6,11-12H,7-10,13-14H2,1H3. The van der Waals surface area contributed by atoms with E-state index in [-0.39, 0.29) is 12.6 Å². The Labute approximate surface area is 147 Å². The van der Waals surface area contributed by atoms with Crippen LogP contribution in [0.4, 0.5) is 5.69 Å². The van der Waals surface area contributed by atoms with E-state index in [1.165, 1.54) is 11.3 Å². The van der Waals surface area contributed by atoms with E-state index in [9.17, 15) is 4.79 Å². The fraction of sp³-hybridized carbons (Fsp3) is 0.350. The number of hydrogen-bond acceptors (Lipinski definition) is 5. The number of nitrogens with zero attached hydrogens (tertiary/aromatic N) is 2. The topological polar surface area (TPSA) is 42.0 Å². The van der Waals surface area contributed by atoms with Crippen molar-refractivity contribution < 1.29 is 14.3 Å². The zero-order valence-electron chi connectivity index (χ0n) is 14.4. The van der Waals surface area contributed by atoms with E-state index in [1.54, 1.807) is 6.07 Å². The summed E-state index contributed by atoms with van der Waals surface area (Å²) >= 11 is 0. The number of anilines is 1. The van der Waals surface area contributed by atoms with Crippen LogP contribution in [0.5, 0.6) is 11.5 Å². The van der Waals surface area contributed by atoms with Crippen molar-refractivity contribution in [1.82, 2.24) is 4.90 Å². The van der Waals surface area contributed by atoms with Gasteiger partial charge in [-0.2, -0.15) is 0 Å². The number of ketones is 1. The van der Waals surface area contributed by atoms with Gasteiger partial charge in [0, 0.05) is 37.4 Å². The molecule has 0 N–H and O–H groups in total. The Morgan fingerprint density at radius 3 is 2.60 bits per heavy atom. The van der Waals surface area contributed by atoms with Gasteiger partial charge in [-0.05, 0) is 42.8 Å². The van der Waals surface area contributed by atoms with Crippen LogP contribution < -0.4 is 14.4 Å². The number of carbonyl (C=O) groups excluding carboxylic acids is 1. The van der Waals surface area contributed by atoms with Crippen LogP contribution in [0.25, 0.3) is 0 Å². The van der Waals surface area contributed by atoms with Crippen molar-refractivity contribution in [3.05, 3.63) is 53.6 Å². The molecule has 5 heteroatoms. The van der Waals surface area contributed by atoms with Crippen molar-refractivity contribution in [3.63, 3.8) is 0 Å². The molecule has 1 saturated heterocycles. The number of rotatable bonds is 4. The highest BCUT2D eigenvalue weighted by Crippen LogP contribution is 2.32. The summed E-state index contributed by atoms with van der Waals surface area (Å²) in [6.07, 6.45) is 0. The average molecular weight is 338 g/mol. The molecule has 0 radical (unpaired) electrons. The lowest BCUT2D eigenvalue weighted by Crippen LogP contribution is -2.48. The number of benzene rings is 2. The minimum Gasteiger partial charge on any atom is -0.454 e. The average Bonchev–Trinajstić information content (AvgIpc) is 3.10. The second kappa shape index (κ2) is 6.76. The highest BCUT2D eigenvalue weighted by molar-refractivity contribution is 5.98. The highest BCUT2D eigenvalue weighted by atomic mass is 16.7. The zero-order chi connectivity index (χ0) is 17.2. The third-order valence-corrected chi connectivity index (χ3v) is 4.80. The summed E-state index contributed by atoms with van der Waals surface area (Å²) in [6, 6.07) is 14.0. The number of piperazine rings is 1. The van der Waals surface area contributed by atoms with Gasteiger partial charge < -0.3 is 14.4 Å². The molecule has 1 fully saturated rings. The largest absolute Gasteiger partial charge is 0.454 e. The van der Waals surface area contributed by atoms with Crippen LogP contribution in [0.3, 0.4) is 0 Å². The van der Waals surface area contributed by atoms with E-state index in [1.807, 2.05) is 12.1 Å². The summed E-state index contributed by atoms with van der Waals surface area (Å²) in [7, 11) is 0. The van der Waals surface area contributed by atoms with E-state index in [2.05, 4.69) is 41.0 Å². The van der Waals surface area contributed by atoms with Crippen LogP contribution in [0.15, 0.2) is 42.5 Å². The molecule has 0 aliphatic carbocycles. The molecule has 0 spiro atoms. The molecule has 4 rings (SSSR count). The number of hydrogen-bond donors (Lipinski definition) is 0. The van der Waals surface area contributed by atoms with Crippen LogP contribution in [0, 0.1) is 6.92 Å². The van der Waals surface area contributed by atoms with Crippen LogP contribution in [0.2, 0.25) is 0 Å². The molecule has 25 heavy (non-hydrogen) atoms. The van der Waals surface area contributed by atoms with Gasteiger partial charge in [-0.1, -0.05) is 12.1 Å². The second-order valence-corrected chi connectivity index (χ2v) is 6.59. The highest BCUT2D eigenvalue weighted by Gasteiger charge is 2.21. The first-order chi connectivity index (χ1) is 12.2. The van der Waals surface area contributed by atoms with Crippen LogP contribution in [-0.2, 0) is 0 Å². The van der Waals surface area contributed by atoms with Crippen molar-refractivity contribution in [3.8, 4) is 11.5 Å². The predicted molar refractivity (Wildman–Crippen MR) is 96.7 cm³/mol. The molecule has 0 saturated carbocycles. The van der Waals surface area contributed by atoms with E-state index in [0.29, 0.717) is 23.6 Å². The van der Waals surface area contributed by atoms with Crippen molar-refractivity contribution in [2.75, 3.05) is 44.4 Å². The van der Waals surface area contributed by atoms with Crippen molar-refractivity contribution >= 4 is 11.5 Å². The fourth-order valence-electron chi connectivity index (χ4n) is 3.35. The fourth-order valence-corrected chi connectivity index (χ4v) is 3.35. The lowest BCUT2D eigenvalue weighted by Gasteiger charge is -2.35. The molecule has 5 nitrogen and oxygen atoms in total. The maximum atomic E-state index is 12.6. The Morgan fingerprint density at radius 1 is 1.00 bits per heavy atom. The van der Waals surface area contributed by atoms with Crippen LogP contribution >= 0.6 is 0 Å². The third-order valence-electron chi connectivity index (χ3n) is 4.80. The maximum Gasteiger partial charge on any atom is 0.231 e. The van der Waals surface area contributed by atoms with E-state index in [4.69, 9.17) is 9.47 Å². The molecular weight excluding hydrogens is 316 g/mol. The lowest BCUT2D eigenvalue weighted by atomic mass is 10.1. The molecule has 0 atom stereocenters. The molecule has 0 amide bonds. The van der Waals surface area contributed by atoms with Gasteiger partial charge in [0.25, 0.3) is 0 Å². The molecule has 2 heterocycles. The normalized spacial score (nSPS) is 16.9. The summed E-state index contributed by atoms with van der Waals surface area (Å²) in [5.41, 5.74) is 3.23. The Kier molecular flexibility index (Phi) is 4.32. The van der Waals surface area contributed by atoms with Crippen molar-refractivity contribution in [2.24, 2.45) is 0 Å². The first-order valence-corrected chi connectivity index (χ1v) is 8.66.